The van der Waals surface area contributed by atoms with Crippen LogP contribution in [-0.2, 0) is 25.7 Å². The van der Waals surface area contributed by atoms with E-state index in [1.165, 1.54) is 0 Å². The van der Waals surface area contributed by atoms with E-state index in [1.807, 2.05) is 44.2 Å². The third-order valence-electron chi connectivity index (χ3n) is 3.73. The van der Waals surface area contributed by atoms with E-state index in [1.54, 1.807) is 20.8 Å². The van der Waals surface area contributed by atoms with Crippen LogP contribution >= 0.6 is 0 Å². The predicted octanol–water partition coefficient (Wildman–Crippen LogP) is 2.71. The van der Waals surface area contributed by atoms with E-state index in [2.05, 4.69) is 10.6 Å². The smallest absolute Gasteiger partial charge is 0.408 e. The van der Waals surface area contributed by atoms with Crippen molar-refractivity contribution in [3.8, 4) is 0 Å². The number of hydrogen-bond acceptors (Lipinski definition) is 5. The average Bonchev–Trinajstić information content (AvgIpc) is 2.59. The Kier molecular flexibility index (Phi) is 9.61. The average molecular weight is 408 g/mol. The molecule has 0 saturated carbocycles. The largest absolute Gasteiger partial charge is 0.480 e. The zero-order valence-electron chi connectivity index (χ0n) is 17.7. The zero-order chi connectivity index (χ0) is 22.0. The molecule has 0 aliphatic rings. The van der Waals surface area contributed by atoms with E-state index < -0.39 is 35.7 Å². The van der Waals surface area contributed by atoms with Crippen LogP contribution in [0, 0.1) is 5.92 Å². The molecule has 0 aromatic heterocycles. The molecule has 162 valence electrons. The molecule has 3 N–H and O–H groups in total. The lowest BCUT2D eigenvalue weighted by Gasteiger charge is -2.25. The van der Waals surface area contributed by atoms with Gasteiger partial charge in [-0.25, -0.2) is 9.59 Å². The fraction of sp³-hybridized carbons (Fsp3) is 0.571. The standard InChI is InChI=1S/C21H32N2O6/c1-14(2)11-16(23-20(27)29-21(3,4)5)18(24)22-17(19(25)26)13-28-12-15-9-7-6-8-10-15/h6-10,14,16-17H,11-13H2,1-5H3,(H,22,24)(H,23,27)(H,25,26)/t16-,17-/m0/s1. The molecule has 0 heterocycles. The number of alkyl carbamates (subject to hydrolysis) is 1. The number of hydrogen-bond donors (Lipinski definition) is 3. The Morgan fingerprint density at radius 2 is 1.66 bits per heavy atom. The second-order valence-corrected chi connectivity index (χ2v) is 8.23. The molecule has 1 aromatic rings. The number of ether oxygens (including phenoxy) is 2. The van der Waals surface area contributed by atoms with Crippen molar-refractivity contribution in [1.29, 1.82) is 0 Å². The van der Waals surface area contributed by atoms with Crippen LogP contribution in [0.4, 0.5) is 4.79 Å². The molecular weight excluding hydrogens is 376 g/mol. The fourth-order valence-electron chi connectivity index (χ4n) is 2.47. The minimum atomic E-state index is -1.23. The molecule has 0 fully saturated rings. The molecule has 29 heavy (non-hydrogen) atoms. The van der Waals surface area contributed by atoms with Crippen molar-refractivity contribution < 1.29 is 29.0 Å². The quantitative estimate of drug-likeness (QED) is 0.548. The van der Waals surface area contributed by atoms with Gasteiger partial charge in [-0.2, -0.15) is 0 Å². The first-order chi connectivity index (χ1) is 13.5. The Morgan fingerprint density at radius 3 is 2.17 bits per heavy atom. The Bertz CT molecular complexity index is 669. The van der Waals surface area contributed by atoms with Crippen molar-refractivity contribution in [3.05, 3.63) is 35.9 Å². The highest BCUT2D eigenvalue weighted by Gasteiger charge is 2.29. The molecule has 0 aliphatic carbocycles. The molecule has 0 spiro atoms. The third-order valence-corrected chi connectivity index (χ3v) is 3.73. The Morgan fingerprint density at radius 1 is 1.03 bits per heavy atom. The molecule has 2 atom stereocenters. The van der Waals surface area contributed by atoms with Gasteiger partial charge in [-0.15, -0.1) is 0 Å². The third kappa shape index (κ3) is 10.5. The summed E-state index contributed by atoms with van der Waals surface area (Å²) < 4.78 is 10.6. The number of amides is 2. The number of rotatable bonds is 10. The summed E-state index contributed by atoms with van der Waals surface area (Å²) in [6.45, 7) is 8.98. The Hall–Kier alpha value is -2.61. The van der Waals surface area contributed by atoms with Gasteiger partial charge in [-0.05, 0) is 38.7 Å². The number of aliphatic carboxylic acids is 1. The Labute approximate surface area is 172 Å². The minimum Gasteiger partial charge on any atom is -0.480 e. The summed E-state index contributed by atoms with van der Waals surface area (Å²) in [6.07, 6.45) is -0.395. The van der Waals surface area contributed by atoms with Gasteiger partial charge in [0.1, 0.15) is 11.6 Å². The Balaban J connectivity index is 2.69. The van der Waals surface area contributed by atoms with Crippen molar-refractivity contribution in [2.45, 2.75) is 65.3 Å². The molecule has 8 heteroatoms. The van der Waals surface area contributed by atoms with Gasteiger partial charge in [0.2, 0.25) is 5.91 Å². The second-order valence-electron chi connectivity index (χ2n) is 8.23. The number of nitrogens with one attached hydrogen (secondary N) is 2. The van der Waals surface area contributed by atoms with Crippen LogP contribution < -0.4 is 10.6 Å². The van der Waals surface area contributed by atoms with Crippen LogP contribution in [0.1, 0.15) is 46.6 Å². The summed E-state index contributed by atoms with van der Waals surface area (Å²) >= 11 is 0. The lowest BCUT2D eigenvalue weighted by molar-refractivity contribution is -0.144. The van der Waals surface area contributed by atoms with E-state index in [4.69, 9.17) is 9.47 Å². The summed E-state index contributed by atoms with van der Waals surface area (Å²) in [5.41, 5.74) is 0.185. The molecule has 0 bridgehead atoms. The van der Waals surface area contributed by atoms with Gasteiger partial charge in [0.25, 0.3) is 0 Å². The number of carboxylic acids is 1. The first-order valence-electron chi connectivity index (χ1n) is 9.62. The lowest BCUT2D eigenvalue weighted by atomic mass is 10.0. The van der Waals surface area contributed by atoms with Gasteiger partial charge in [-0.1, -0.05) is 44.2 Å². The zero-order valence-corrected chi connectivity index (χ0v) is 17.7. The molecule has 2 amide bonds. The first-order valence-corrected chi connectivity index (χ1v) is 9.62. The van der Waals surface area contributed by atoms with Crippen LogP contribution in [0.15, 0.2) is 30.3 Å². The van der Waals surface area contributed by atoms with Crippen molar-refractivity contribution in [2.75, 3.05) is 6.61 Å². The van der Waals surface area contributed by atoms with Crippen molar-refractivity contribution in [3.63, 3.8) is 0 Å². The fourth-order valence-corrected chi connectivity index (χ4v) is 2.47. The monoisotopic (exact) mass is 408 g/mol. The minimum absolute atomic E-state index is 0.0956. The topological polar surface area (TPSA) is 114 Å². The number of carbonyl (C=O) groups is 3. The number of benzene rings is 1. The van der Waals surface area contributed by atoms with Crippen molar-refractivity contribution in [1.82, 2.24) is 10.6 Å². The highest BCUT2D eigenvalue weighted by molar-refractivity contribution is 5.89. The van der Waals surface area contributed by atoms with E-state index in [0.717, 1.165) is 5.56 Å². The number of carbonyl (C=O) groups excluding carboxylic acids is 2. The molecule has 0 unspecified atom stereocenters. The summed E-state index contributed by atoms with van der Waals surface area (Å²) in [7, 11) is 0. The summed E-state index contributed by atoms with van der Waals surface area (Å²) in [5, 5.41) is 14.4. The first kappa shape index (κ1) is 24.4. The van der Waals surface area contributed by atoms with Gasteiger partial charge in [0.05, 0.1) is 13.2 Å². The van der Waals surface area contributed by atoms with E-state index in [9.17, 15) is 19.5 Å². The molecule has 0 saturated heterocycles. The lowest BCUT2D eigenvalue weighted by Crippen LogP contribution is -2.53. The van der Waals surface area contributed by atoms with Crippen LogP contribution in [0.5, 0.6) is 0 Å². The predicted molar refractivity (Wildman–Crippen MR) is 108 cm³/mol. The van der Waals surface area contributed by atoms with Crippen molar-refractivity contribution in [2.24, 2.45) is 5.92 Å². The summed E-state index contributed by atoms with van der Waals surface area (Å²) in [4.78, 5) is 36.2. The van der Waals surface area contributed by atoms with Gasteiger partial charge in [0.15, 0.2) is 6.04 Å². The van der Waals surface area contributed by atoms with Gasteiger partial charge < -0.3 is 25.2 Å². The van der Waals surface area contributed by atoms with E-state index in [0.29, 0.717) is 6.42 Å². The maximum Gasteiger partial charge on any atom is 0.408 e. The van der Waals surface area contributed by atoms with Crippen LogP contribution in [0.3, 0.4) is 0 Å². The summed E-state index contributed by atoms with van der Waals surface area (Å²) in [5.74, 6) is -1.72. The maximum absolute atomic E-state index is 12.6. The molecule has 0 aliphatic heterocycles. The highest BCUT2D eigenvalue weighted by atomic mass is 16.6. The summed E-state index contributed by atoms with van der Waals surface area (Å²) in [6, 6.07) is 7.15. The van der Waals surface area contributed by atoms with E-state index in [-0.39, 0.29) is 19.1 Å². The number of carboxylic acid groups (broad SMARTS) is 1. The van der Waals surface area contributed by atoms with Crippen LogP contribution in [0.25, 0.3) is 0 Å². The molecule has 1 aromatic carbocycles. The highest BCUT2D eigenvalue weighted by Crippen LogP contribution is 2.10. The second kappa shape index (κ2) is 11.4. The molecule has 8 nitrogen and oxygen atoms in total. The van der Waals surface area contributed by atoms with Gasteiger partial charge >= 0.3 is 12.1 Å². The maximum atomic E-state index is 12.6. The van der Waals surface area contributed by atoms with Gasteiger partial charge in [0, 0.05) is 0 Å². The molecule has 1 rings (SSSR count). The van der Waals surface area contributed by atoms with Crippen molar-refractivity contribution >= 4 is 18.0 Å². The van der Waals surface area contributed by atoms with Crippen LogP contribution in [0.2, 0.25) is 0 Å². The van der Waals surface area contributed by atoms with Crippen LogP contribution in [-0.4, -0.2) is 47.4 Å². The molecule has 0 radical (unpaired) electrons. The molecular formula is C21H32N2O6. The van der Waals surface area contributed by atoms with Gasteiger partial charge in [-0.3, -0.25) is 4.79 Å². The van der Waals surface area contributed by atoms with E-state index >= 15 is 0 Å². The normalized spacial score (nSPS) is 13.4. The SMILES string of the molecule is CC(C)C[C@H](NC(=O)OC(C)(C)C)C(=O)N[C@@H](COCc1ccccc1)C(=O)O.